The number of halogens is 1. The van der Waals surface area contributed by atoms with E-state index in [9.17, 15) is 23.9 Å². The molecular formula is C23H22FN3O4. The Morgan fingerprint density at radius 2 is 1.87 bits per heavy atom. The van der Waals surface area contributed by atoms with Gasteiger partial charge in [-0.2, -0.15) is 0 Å². The number of carbonyl (C=O) groups excluding carboxylic acids is 2. The number of hydrogen-bond donors (Lipinski definition) is 2. The summed E-state index contributed by atoms with van der Waals surface area (Å²) in [5.74, 6) is -0.847. The average Bonchev–Trinajstić information content (AvgIpc) is 2.74. The fraction of sp³-hybridized carbons (Fsp3) is 0.217. The van der Waals surface area contributed by atoms with Crippen molar-refractivity contribution in [3.63, 3.8) is 0 Å². The van der Waals surface area contributed by atoms with Crippen molar-refractivity contribution in [2.75, 3.05) is 11.9 Å². The van der Waals surface area contributed by atoms with Gasteiger partial charge in [0.15, 0.2) is 5.78 Å². The topological polar surface area (TPSA) is 101 Å². The number of aliphatic hydroxyl groups is 1. The minimum Gasteiger partial charge on any atom is -0.396 e. The summed E-state index contributed by atoms with van der Waals surface area (Å²) in [4.78, 5) is 41.8. The first-order valence-electron chi connectivity index (χ1n) is 9.68. The smallest absolute Gasteiger partial charge is 0.257 e. The van der Waals surface area contributed by atoms with Crippen molar-refractivity contribution in [2.45, 2.75) is 26.8 Å². The molecule has 2 aromatic carbocycles. The number of nitrogens with one attached hydrogen (secondary N) is 1. The highest BCUT2D eigenvalue weighted by Gasteiger charge is 2.18. The lowest BCUT2D eigenvalue weighted by atomic mass is 10.1. The van der Waals surface area contributed by atoms with Gasteiger partial charge in [-0.05, 0) is 50.2 Å². The Kier molecular flexibility index (Phi) is 6.71. The molecule has 1 amide bonds. The van der Waals surface area contributed by atoms with Crippen molar-refractivity contribution in [3.8, 4) is 11.4 Å². The van der Waals surface area contributed by atoms with Gasteiger partial charge in [-0.25, -0.2) is 9.37 Å². The number of amides is 1. The van der Waals surface area contributed by atoms with Crippen LogP contribution in [0.3, 0.4) is 0 Å². The first-order chi connectivity index (χ1) is 14.8. The molecular weight excluding hydrogens is 401 g/mol. The highest BCUT2D eigenvalue weighted by Crippen LogP contribution is 2.19. The minimum absolute atomic E-state index is 0.101. The normalized spacial score (nSPS) is 10.7. The number of carbonyl (C=O) groups is 2. The second-order valence-corrected chi connectivity index (χ2v) is 7.06. The van der Waals surface area contributed by atoms with E-state index in [4.69, 9.17) is 0 Å². The Hall–Kier alpha value is -3.65. The van der Waals surface area contributed by atoms with Crippen LogP contribution in [0.4, 0.5) is 10.1 Å². The molecule has 0 aliphatic rings. The summed E-state index contributed by atoms with van der Waals surface area (Å²) in [6.45, 7) is 2.49. The monoisotopic (exact) mass is 423 g/mol. The summed E-state index contributed by atoms with van der Waals surface area (Å²) in [6.07, 6.45) is 0.101. The summed E-state index contributed by atoms with van der Waals surface area (Å²) < 4.78 is 14.6. The van der Waals surface area contributed by atoms with E-state index in [2.05, 4.69) is 10.3 Å². The lowest BCUT2D eigenvalue weighted by Crippen LogP contribution is -2.33. The molecule has 160 valence electrons. The molecule has 0 fully saturated rings. The Bertz CT molecular complexity index is 1190. The molecule has 0 unspecified atom stereocenters. The van der Waals surface area contributed by atoms with Crippen molar-refractivity contribution in [2.24, 2.45) is 0 Å². The molecule has 0 bridgehead atoms. The quantitative estimate of drug-likeness (QED) is 0.569. The molecule has 8 heteroatoms. The maximum atomic E-state index is 13.4. The van der Waals surface area contributed by atoms with Gasteiger partial charge in [-0.3, -0.25) is 19.0 Å². The lowest BCUT2D eigenvalue weighted by molar-refractivity contribution is -0.116. The number of rotatable bonds is 7. The molecule has 3 rings (SSSR count). The number of aliphatic hydroxyl groups excluding tert-OH is 1. The summed E-state index contributed by atoms with van der Waals surface area (Å²) in [5, 5.41) is 12.0. The first kappa shape index (κ1) is 22.0. The van der Waals surface area contributed by atoms with E-state index in [1.54, 1.807) is 31.2 Å². The molecule has 0 atom stereocenters. The average molecular weight is 423 g/mol. The van der Waals surface area contributed by atoms with E-state index in [0.717, 1.165) is 0 Å². The van der Waals surface area contributed by atoms with Crippen molar-refractivity contribution in [1.82, 2.24) is 9.55 Å². The fourth-order valence-corrected chi connectivity index (χ4v) is 3.23. The Morgan fingerprint density at radius 3 is 2.52 bits per heavy atom. The molecule has 0 spiro atoms. The van der Waals surface area contributed by atoms with E-state index in [1.165, 1.54) is 35.8 Å². The molecule has 1 aromatic heterocycles. The summed E-state index contributed by atoms with van der Waals surface area (Å²) in [7, 11) is 0. The van der Waals surface area contributed by atoms with Gasteiger partial charge in [0.05, 0.1) is 0 Å². The van der Waals surface area contributed by atoms with Gasteiger partial charge in [0.2, 0.25) is 5.91 Å². The zero-order valence-corrected chi connectivity index (χ0v) is 17.2. The third-order valence-corrected chi connectivity index (χ3v) is 4.79. The SMILES string of the molecule is CC(=O)c1cccc(NC(=O)Cn2c(-c3ccc(F)cc3)nc(C)c(CCO)c2=O)c1. The highest BCUT2D eigenvalue weighted by molar-refractivity contribution is 5.97. The van der Waals surface area contributed by atoms with E-state index in [1.807, 2.05) is 0 Å². The van der Waals surface area contributed by atoms with Gasteiger partial charge in [0, 0.05) is 41.1 Å². The molecule has 31 heavy (non-hydrogen) atoms. The van der Waals surface area contributed by atoms with Gasteiger partial charge in [-0.1, -0.05) is 12.1 Å². The third-order valence-electron chi connectivity index (χ3n) is 4.79. The lowest BCUT2D eigenvalue weighted by Gasteiger charge is -2.16. The van der Waals surface area contributed by atoms with Crippen LogP contribution in [0.1, 0.15) is 28.5 Å². The van der Waals surface area contributed by atoms with Crippen LogP contribution in [0.2, 0.25) is 0 Å². The van der Waals surface area contributed by atoms with Crippen LogP contribution in [0.15, 0.2) is 53.3 Å². The zero-order chi connectivity index (χ0) is 22.5. The van der Waals surface area contributed by atoms with E-state index in [0.29, 0.717) is 28.1 Å². The predicted octanol–water partition coefficient (Wildman–Crippen LogP) is 2.73. The van der Waals surface area contributed by atoms with E-state index < -0.39 is 17.3 Å². The summed E-state index contributed by atoms with van der Waals surface area (Å²) in [5.41, 5.74) is 1.63. The number of Topliss-reactive ketones (excluding diaryl/α,β-unsaturated/α-hetero) is 1. The van der Waals surface area contributed by atoms with E-state index in [-0.39, 0.29) is 31.2 Å². The van der Waals surface area contributed by atoms with Gasteiger partial charge in [-0.15, -0.1) is 0 Å². The van der Waals surface area contributed by atoms with E-state index >= 15 is 0 Å². The second kappa shape index (κ2) is 9.44. The van der Waals surface area contributed by atoms with Crippen LogP contribution >= 0.6 is 0 Å². The molecule has 2 N–H and O–H groups in total. The van der Waals surface area contributed by atoms with Crippen LogP contribution < -0.4 is 10.9 Å². The van der Waals surface area contributed by atoms with Crippen LogP contribution in [0.25, 0.3) is 11.4 Å². The predicted molar refractivity (Wildman–Crippen MR) is 114 cm³/mol. The molecule has 0 aliphatic carbocycles. The van der Waals surface area contributed by atoms with Crippen molar-refractivity contribution in [3.05, 3.63) is 81.5 Å². The summed E-state index contributed by atoms with van der Waals surface area (Å²) in [6, 6.07) is 11.9. The number of ketones is 1. The molecule has 0 aliphatic heterocycles. The highest BCUT2D eigenvalue weighted by atomic mass is 19.1. The third kappa shape index (κ3) is 5.10. The van der Waals surface area contributed by atoms with Crippen LogP contribution in [-0.2, 0) is 17.8 Å². The number of anilines is 1. The van der Waals surface area contributed by atoms with Gasteiger partial charge in [0.1, 0.15) is 18.2 Å². The fourth-order valence-electron chi connectivity index (χ4n) is 3.23. The molecule has 3 aromatic rings. The van der Waals surface area contributed by atoms with Crippen LogP contribution in [0.5, 0.6) is 0 Å². The summed E-state index contributed by atoms with van der Waals surface area (Å²) >= 11 is 0. The second-order valence-electron chi connectivity index (χ2n) is 7.06. The molecule has 1 heterocycles. The van der Waals surface area contributed by atoms with Gasteiger partial charge < -0.3 is 10.4 Å². The minimum atomic E-state index is -0.494. The first-order valence-corrected chi connectivity index (χ1v) is 9.68. The number of aryl methyl sites for hydroxylation is 1. The number of hydrogen-bond acceptors (Lipinski definition) is 5. The standard InChI is InChI=1S/C23H22FN3O4/c1-14-20(10-11-28)23(31)27(22(25-14)16-6-8-18(24)9-7-16)13-21(30)26-19-5-3-4-17(12-19)15(2)29/h3-9,12,28H,10-11,13H2,1-2H3,(H,26,30). The zero-order valence-electron chi connectivity index (χ0n) is 17.2. The van der Waals surface area contributed by atoms with Crippen molar-refractivity contribution in [1.29, 1.82) is 0 Å². The van der Waals surface area contributed by atoms with Crippen LogP contribution in [-0.4, -0.2) is 33.0 Å². The Balaban J connectivity index is 2.00. The Labute approximate surface area is 178 Å². The number of aromatic nitrogens is 2. The van der Waals surface area contributed by atoms with Crippen molar-refractivity contribution >= 4 is 17.4 Å². The number of nitrogens with zero attached hydrogens (tertiary/aromatic N) is 2. The molecule has 0 saturated heterocycles. The Morgan fingerprint density at radius 1 is 1.16 bits per heavy atom. The molecule has 0 saturated carbocycles. The molecule has 7 nitrogen and oxygen atoms in total. The van der Waals surface area contributed by atoms with Crippen LogP contribution in [0, 0.1) is 12.7 Å². The largest absolute Gasteiger partial charge is 0.396 e. The number of benzene rings is 2. The maximum Gasteiger partial charge on any atom is 0.257 e. The maximum absolute atomic E-state index is 13.4. The van der Waals surface area contributed by atoms with Gasteiger partial charge >= 0.3 is 0 Å². The van der Waals surface area contributed by atoms with Gasteiger partial charge in [0.25, 0.3) is 5.56 Å². The molecule has 0 radical (unpaired) electrons. The van der Waals surface area contributed by atoms with Crippen molar-refractivity contribution < 1.29 is 19.1 Å².